The highest BCUT2D eigenvalue weighted by molar-refractivity contribution is 5.91. The molecule has 0 amide bonds. The van der Waals surface area contributed by atoms with Gasteiger partial charge in [0, 0.05) is 5.56 Å². The average molecular weight is 230 g/mol. The molecule has 0 aliphatic heterocycles. The number of aryl methyl sites for hydroxylation is 1. The zero-order valence-electron chi connectivity index (χ0n) is 9.14. The molecule has 17 heavy (non-hydrogen) atoms. The topological polar surface area (TPSA) is 67.5 Å². The molecule has 4 nitrogen and oxygen atoms in total. The van der Waals surface area contributed by atoms with E-state index in [1.807, 2.05) is 0 Å². The van der Waals surface area contributed by atoms with Crippen molar-refractivity contribution >= 4 is 12.3 Å². The molecule has 0 aliphatic rings. The summed E-state index contributed by atoms with van der Waals surface area (Å²) in [4.78, 5) is 21.5. The first-order valence-electron chi connectivity index (χ1n) is 5.01. The Labute approximate surface area is 97.5 Å². The number of rotatable bonds is 3. The Kier molecular flexibility index (Phi) is 2.78. The lowest BCUT2D eigenvalue weighted by Crippen LogP contribution is -1.99. The fourth-order valence-electron chi connectivity index (χ4n) is 1.58. The second-order valence-corrected chi connectivity index (χ2v) is 3.65. The number of hydrogen-bond acceptors (Lipinski definition) is 3. The molecule has 1 N–H and O–H groups in total. The Bertz CT molecular complexity index is 581. The van der Waals surface area contributed by atoms with Crippen molar-refractivity contribution in [2.24, 2.45) is 0 Å². The molecule has 1 aromatic carbocycles. The Balaban J connectivity index is 2.49. The van der Waals surface area contributed by atoms with E-state index in [1.165, 1.54) is 6.07 Å². The molecule has 0 atom stereocenters. The van der Waals surface area contributed by atoms with Crippen molar-refractivity contribution in [2.45, 2.75) is 6.92 Å². The molecular weight excluding hydrogens is 220 g/mol. The summed E-state index contributed by atoms with van der Waals surface area (Å²) in [5.74, 6) is -0.279. The van der Waals surface area contributed by atoms with Crippen LogP contribution in [0.25, 0.3) is 11.3 Å². The number of furan rings is 1. The van der Waals surface area contributed by atoms with Crippen molar-refractivity contribution in [3.05, 3.63) is 47.2 Å². The predicted octanol–water partition coefficient (Wildman–Crippen LogP) is 2.77. The van der Waals surface area contributed by atoms with Gasteiger partial charge in [0.15, 0.2) is 12.0 Å². The second-order valence-electron chi connectivity index (χ2n) is 3.65. The molecule has 0 fully saturated rings. The van der Waals surface area contributed by atoms with Crippen LogP contribution in [0.1, 0.15) is 26.5 Å². The Hall–Kier alpha value is -2.36. The van der Waals surface area contributed by atoms with Crippen molar-refractivity contribution in [1.29, 1.82) is 0 Å². The van der Waals surface area contributed by atoms with Crippen molar-refractivity contribution in [2.75, 3.05) is 0 Å². The Morgan fingerprint density at radius 2 is 2.06 bits per heavy atom. The SMILES string of the molecule is Cc1ccc(-c2ccc(C=O)o2)cc1C(=O)O. The van der Waals surface area contributed by atoms with E-state index in [0.29, 0.717) is 23.2 Å². The van der Waals surface area contributed by atoms with Crippen LogP contribution in [0.5, 0.6) is 0 Å². The van der Waals surface area contributed by atoms with Gasteiger partial charge in [-0.2, -0.15) is 0 Å². The van der Waals surface area contributed by atoms with Crippen LogP contribution in [0.4, 0.5) is 0 Å². The van der Waals surface area contributed by atoms with E-state index >= 15 is 0 Å². The normalized spacial score (nSPS) is 10.2. The minimum Gasteiger partial charge on any atom is -0.478 e. The van der Waals surface area contributed by atoms with Gasteiger partial charge in [0.25, 0.3) is 0 Å². The fraction of sp³-hybridized carbons (Fsp3) is 0.0769. The minimum atomic E-state index is -0.980. The average Bonchev–Trinajstić information content (AvgIpc) is 2.78. The maximum absolute atomic E-state index is 11.0. The molecule has 86 valence electrons. The van der Waals surface area contributed by atoms with Crippen molar-refractivity contribution < 1.29 is 19.1 Å². The van der Waals surface area contributed by atoms with E-state index in [-0.39, 0.29) is 11.3 Å². The lowest BCUT2D eigenvalue weighted by Gasteiger charge is -2.03. The quantitative estimate of drug-likeness (QED) is 0.823. The van der Waals surface area contributed by atoms with Crippen LogP contribution in [0, 0.1) is 6.92 Å². The van der Waals surface area contributed by atoms with Gasteiger partial charge in [-0.15, -0.1) is 0 Å². The Morgan fingerprint density at radius 1 is 1.29 bits per heavy atom. The van der Waals surface area contributed by atoms with Crippen LogP contribution < -0.4 is 0 Å². The number of aromatic carboxylic acids is 1. The summed E-state index contributed by atoms with van der Waals surface area (Å²) in [6.45, 7) is 1.73. The standard InChI is InChI=1S/C13H10O4/c1-8-2-3-9(6-11(8)13(15)16)12-5-4-10(7-14)17-12/h2-7H,1H3,(H,15,16). The van der Waals surface area contributed by atoms with Gasteiger partial charge < -0.3 is 9.52 Å². The molecule has 4 heteroatoms. The monoisotopic (exact) mass is 230 g/mol. The van der Waals surface area contributed by atoms with Crippen molar-refractivity contribution in [3.8, 4) is 11.3 Å². The number of aldehydes is 1. The van der Waals surface area contributed by atoms with Crippen LogP contribution in [0.15, 0.2) is 34.7 Å². The molecule has 0 saturated heterocycles. The van der Waals surface area contributed by atoms with Crippen molar-refractivity contribution in [1.82, 2.24) is 0 Å². The molecule has 0 spiro atoms. The van der Waals surface area contributed by atoms with E-state index in [9.17, 15) is 9.59 Å². The number of carboxylic acids is 1. The summed E-state index contributed by atoms with van der Waals surface area (Å²) in [6.07, 6.45) is 0.607. The van der Waals surface area contributed by atoms with Crippen LogP contribution in [0.3, 0.4) is 0 Å². The summed E-state index contributed by atoms with van der Waals surface area (Å²) in [5.41, 5.74) is 1.55. The van der Waals surface area contributed by atoms with Gasteiger partial charge in [-0.25, -0.2) is 4.79 Å². The van der Waals surface area contributed by atoms with Crippen molar-refractivity contribution in [3.63, 3.8) is 0 Å². The molecule has 0 unspecified atom stereocenters. The third-order valence-electron chi connectivity index (χ3n) is 2.50. The zero-order valence-corrected chi connectivity index (χ0v) is 9.14. The molecule has 0 saturated carbocycles. The molecule has 0 bridgehead atoms. The molecule has 2 aromatic rings. The zero-order chi connectivity index (χ0) is 12.4. The summed E-state index contributed by atoms with van der Waals surface area (Å²) >= 11 is 0. The molecule has 1 aromatic heterocycles. The highest BCUT2D eigenvalue weighted by Crippen LogP contribution is 2.24. The summed E-state index contributed by atoms with van der Waals surface area (Å²) < 4.78 is 5.23. The Morgan fingerprint density at radius 3 is 2.65 bits per heavy atom. The number of carbonyl (C=O) groups is 2. The number of carbonyl (C=O) groups excluding carboxylic acids is 1. The first-order chi connectivity index (χ1) is 8.11. The third-order valence-corrected chi connectivity index (χ3v) is 2.50. The summed E-state index contributed by atoms with van der Waals surface area (Å²) in [7, 11) is 0. The van der Waals surface area contributed by atoms with Gasteiger partial charge in [-0.3, -0.25) is 4.79 Å². The molecular formula is C13H10O4. The van der Waals surface area contributed by atoms with E-state index in [1.54, 1.807) is 31.2 Å². The lowest BCUT2D eigenvalue weighted by molar-refractivity contribution is 0.0696. The van der Waals surface area contributed by atoms with Crippen LogP contribution >= 0.6 is 0 Å². The third kappa shape index (κ3) is 2.10. The highest BCUT2D eigenvalue weighted by atomic mass is 16.4. The van der Waals surface area contributed by atoms with E-state index < -0.39 is 5.97 Å². The minimum absolute atomic E-state index is 0.220. The lowest BCUT2D eigenvalue weighted by atomic mass is 10.0. The highest BCUT2D eigenvalue weighted by Gasteiger charge is 2.10. The summed E-state index contributed by atoms with van der Waals surface area (Å²) in [6, 6.07) is 8.19. The van der Waals surface area contributed by atoms with Gasteiger partial charge >= 0.3 is 5.97 Å². The molecule has 0 aliphatic carbocycles. The second kappa shape index (κ2) is 4.25. The van der Waals surface area contributed by atoms with Crippen LogP contribution in [0.2, 0.25) is 0 Å². The smallest absolute Gasteiger partial charge is 0.335 e. The van der Waals surface area contributed by atoms with Gasteiger partial charge in [0.05, 0.1) is 5.56 Å². The first-order valence-corrected chi connectivity index (χ1v) is 5.01. The summed E-state index contributed by atoms with van der Waals surface area (Å²) in [5, 5.41) is 9.00. The number of hydrogen-bond donors (Lipinski definition) is 1. The van der Waals surface area contributed by atoms with Gasteiger partial charge in [0.2, 0.25) is 0 Å². The molecule has 0 radical (unpaired) electrons. The van der Waals surface area contributed by atoms with E-state index in [2.05, 4.69) is 0 Å². The van der Waals surface area contributed by atoms with Gasteiger partial charge in [0.1, 0.15) is 5.76 Å². The van der Waals surface area contributed by atoms with Gasteiger partial charge in [-0.1, -0.05) is 12.1 Å². The van der Waals surface area contributed by atoms with E-state index in [0.717, 1.165) is 0 Å². The molecule has 1 heterocycles. The molecule has 2 rings (SSSR count). The van der Waals surface area contributed by atoms with Crippen LogP contribution in [-0.2, 0) is 0 Å². The maximum Gasteiger partial charge on any atom is 0.335 e. The van der Waals surface area contributed by atoms with E-state index in [4.69, 9.17) is 9.52 Å². The van der Waals surface area contributed by atoms with Crippen LogP contribution in [-0.4, -0.2) is 17.4 Å². The number of carboxylic acid groups (broad SMARTS) is 1. The number of benzene rings is 1. The predicted molar refractivity (Wildman–Crippen MR) is 61.2 cm³/mol. The van der Waals surface area contributed by atoms with Gasteiger partial charge in [-0.05, 0) is 30.7 Å². The first kappa shape index (κ1) is 11.1. The maximum atomic E-state index is 11.0. The largest absolute Gasteiger partial charge is 0.478 e. The fourth-order valence-corrected chi connectivity index (χ4v) is 1.58.